The molecule has 0 aromatic heterocycles. The normalized spacial score (nSPS) is 24.1. The van der Waals surface area contributed by atoms with E-state index in [9.17, 15) is 9.59 Å². The number of likely N-dealkylation sites (N-methyl/N-ethyl adjacent to an activating group) is 1. The van der Waals surface area contributed by atoms with Gasteiger partial charge in [-0.15, -0.1) is 0 Å². The Hall–Kier alpha value is -2.70. The van der Waals surface area contributed by atoms with Crippen LogP contribution in [0.4, 0.5) is 5.69 Å². The summed E-state index contributed by atoms with van der Waals surface area (Å²) in [5.74, 6) is -0.236. The van der Waals surface area contributed by atoms with E-state index in [0.29, 0.717) is 32.1 Å². The van der Waals surface area contributed by atoms with Crippen molar-refractivity contribution in [2.24, 2.45) is 11.8 Å². The van der Waals surface area contributed by atoms with Gasteiger partial charge in [0, 0.05) is 37.9 Å². The summed E-state index contributed by atoms with van der Waals surface area (Å²) in [5.41, 5.74) is 4.93. The van der Waals surface area contributed by atoms with Crippen molar-refractivity contribution in [2.75, 3.05) is 44.6 Å². The fourth-order valence-electron chi connectivity index (χ4n) is 6.48. The molecule has 3 atom stereocenters. The number of hydrogen-bond acceptors (Lipinski definition) is 4. The number of likely N-dealkylation sites (tertiary alicyclic amines) is 2. The largest absolute Gasteiger partial charge is 0.354 e. The minimum Gasteiger partial charge on any atom is -0.354 e. The van der Waals surface area contributed by atoms with E-state index in [2.05, 4.69) is 63.8 Å². The number of carbonyl (C=O) groups is 2. The van der Waals surface area contributed by atoms with Gasteiger partial charge in [0.05, 0.1) is 11.8 Å². The lowest BCUT2D eigenvalue weighted by Gasteiger charge is -2.37. The minimum absolute atomic E-state index is 0.0353. The van der Waals surface area contributed by atoms with Crippen molar-refractivity contribution in [1.82, 2.24) is 15.1 Å². The van der Waals surface area contributed by atoms with Gasteiger partial charge in [-0.25, -0.2) is 0 Å². The Morgan fingerprint density at radius 1 is 0.946 bits per heavy atom. The molecule has 6 heteroatoms. The Balaban J connectivity index is 1.23. The van der Waals surface area contributed by atoms with Crippen LogP contribution in [-0.4, -0.2) is 66.9 Å². The van der Waals surface area contributed by atoms with Crippen LogP contribution in [-0.2, 0) is 28.9 Å². The predicted molar refractivity (Wildman–Crippen MR) is 149 cm³/mol. The molecule has 2 N–H and O–H groups in total. The number of carbonyl (C=O) groups excluding carboxylic acids is 2. The molecule has 37 heavy (non-hydrogen) atoms. The summed E-state index contributed by atoms with van der Waals surface area (Å²) >= 11 is 0. The summed E-state index contributed by atoms with van der Waals surface area (Å²) < 4.78 is 0. The van der Waals surface area contributed by atoms with E-state index >= 15 is 0 Å². The maximum Gasteiger partial charge on any atom is 0.228 e. The fraction of sp³-hybridized carbons (Fsp3) is 0.548. The maximum atomic E-state index is 13.4. The van der Waals surface area contributed by atoms with Crippen molar-refractivity contribution in [1.29, 1.82) is 0 Å². The van der Waals surface area contributed by atoms with Crippen molar-refractivity contribution >= 4 is 17.5 Å². The monoisotopic (exact) mass is 502 g/mol. The molecule has 0 saturated carbocycles. The van der Waals surface area contributed by atoms with Gasteiger partial charge in [-0.1, -0.05) is 43.3 Å². The highest BCUT2D eigenvalue weighted by Gasteiger charge is 2.35. The minimum atomic E-state index is -0.202. The lowest BCUT2D eigenvalue weighted by Crippen LogP contribution is -2.51. The number of piperidine rings is 1. The second-order valence-electron chi connectivity index (χ2n) is 11.1. The van der Waals surface area contributed by atoms with Gasteiger partial charge < -0.3 is 15.5 Å². The number of anilines is 1. The van der Waals surface area contributed by atoms with Gasteiger partial charge in [0.1, 0.15) is 0 Å². The SMILES string of the molecule is CCN1CCC[C@@H]1CNC(=O)[C@H]1C[C@@H](C(=O)Nc2ccc3c(c2)CCC3)CN(CCc2ccccc2)C1. The first kappa shape index (κ1) is 25.9. The first-order valence-corrected chi connectivity index (χ1v) is 14.3. The molecule has 0 bridgehead atoms. The third kappa shape index (κ3) is 6.60. The van der Waals surface area contributed by atoms with E-state index in [1.54, 1.807) is 0 Å². The van der Waals surface area contributed by atoms with Crippen LogP contribution in [0, 0.1) is 11.8 Å². The molecule has 0 radical (unpaired) electrons. The summed E-state index contributed by atoms with van der Waals surface area (Å²) in [6.07, 6.45) is 7.29. The van der Waals surface area contributed by atoms with Crippen LogP contribution >= 0.6 is 0 Å². The number of rotatable bonds is 9. The van der Waals surface area contributed by atoms with Crippen LogP contribution in [0.25, 0.3) is 0 Å². The molecule has 2 aliphatic heterocycles. The van der Waals surface area contributed by atoms with Crippen LogP contribution in [0.5, 0.6) is 0 Å². The number of benzene rings is 2. The van der Waals surface area contributed by atoms with Crippen molar-refractivity contribution in [2.45, 2.75) is 57.9 Å². The van der Waals surface area contributed by atoms with E-state index in [-0.39, 0.29) is 23.7 Å². The van der Waals surface area contributed by atoms with Gasteiger partial charge in [-0.2, -0.15) is 0 Å². The zero-order valence-corrected chi connectivity index (χ0v) is 22.3. The van der Waals surface area contributed by atoms with Crippen molar-refractivity contribution < 1.29 is 9.59 Å². The number of hydrogen-bond donors (Lipinski definition) is 2. The second-order valence-corrected chi connectivity index (χ2v) is 11.1. The highest BCUT2D eigenvalue weighted by molar-refractivity contribution is 5.93. The standard InChI is InChI=1S/C31H42N4O2/c1-2-35-16-7-12-29(35)20-32-30(36)26-18-27(22-34(21-26)17-15-23-8-4-3-5-9-23)31(37)33-28-14-13-24-10-6-11-25(24)19-28/h3-5,8-9,13-14,19,26-27,29H,2,6-7,10-12,15-18,20-22H2,1H3,(H,32,36)(H,33,37)/t26-,27+,29+/m0/s1. The summed E-state index contributed by atoms with van der Waals surface area (Å²) in [6.45, 7) is 7.31. The zero-order valence-electron chi connectivity index (χ0n) is 22.3. The summed E-state index contributed by atoms with van der Waals surface area (Å²) in [6, 6.07) is 17.2. The third-order valence-corrected chi connectivity index (χ3v) is 8.61. The van der Waals surface area contributed by atoms with E-state index in [4.69, 9.17) is 0 Å². The average Bonchev–Trinajstić information content (AvgIpc) is 3.59. The summed E-state index contributed by atoms with van der Waals surface area (Å²) in [5, 5.41) is 6.43. The quantitative estimate of drug-likeness (QED) is 0.546. The van der Waals surface area contributed by atoms with E-state index in [1.807, 2.05) is 12.1 Å². The van der Waals surface area contributed by atoms with Crippen molar-refractivity contribution in [3.63, 3.8) is 0 Å². The summed E-state index contributed by atoms with van der Waals surface area (Å²) in [4.78, 5) is 31.5. The maximum absolute atomic E-state index is 13.4. The Labute approximate surface area is 221 Å². The molecule has 1 aliphatic carbocycles. The topological polar surface area (TPSA) is 64.7 Å². The van der Waals surface area contributed by atoms with Gasteiger partial charge in [0.25, 0.3) is 0 Å². The summed E-state index contributed by atoms with van der Waals surface area (Å²) in [7, 11) is 0. The van der Waals surface area contributed by atoms with E-state index in [0.717, 1.165) is 51.0 Å². The zero-order chi connectivity index (χ0) is 25.6. The number of nitrogens with one attached hydrogen (secondary N) is 2. The molecule has 2 aromatic rings. The number of amides is 2. The second kappa shape index (κ2) is 12.2. The van der Waals surface area contributed by atoms with Crippen molar-refractivity contribution in [3.8, 4) is 0 Å². The first-order valence-electron chi connectivity index (χ1n) is 14.3. The molecule has 0 unspecified atom stereocenters. The van der Waals surface area contributed by atoms with Gasteiger partial charge in [-0.3, -0.25) is 14.5 Å². The molecule has 2 amide bonds. The number of nitrogens with zero attached hydrogens (tertiary/aromatic N) is 2. The number of fused-ring (bicyclic) bond motifs is 1. The highest BCUT2D eigenvalue weighted by atomic mass is 16.2. The van der Waals surface area contributed by atoms with Gasteiger partial charge >= 0.3 is 0 Å². The molecular weight excluding hydrogens is 460 g/mol. The molecular formula is C31H42N4O2. The predicted octanol–water partition coefficient (Wildman–Crippen LogP) is 3.90. The van der Waals surface area contributed by atoms with E-state index in [1.165, 1.54) is 29.5 Å². The molecule has 198 valence electrons. The third-order valence-electron chi connectivity index (χ3n) is 8.61. The van der Waals surface area contributed by atoms with E-state index < -0.39 is 0 Å². The molecule has 6 nitrogen and oxygen atoms in total. The Bertz CT molecular complexity index is 1070. The highest BCUT2D eigenvalue weighted by Crippen LogP contribution is 2.27. The Morgan fingerprint density at radius 3 is 2.54 bits per heavy atom. The van der Waals surface area contributed by atoms with Crippen LogP contribution in [0.3, 0.4) is 0 Å². The van der Waals surface area contributed by atoms with Gasteiger partial charge in [0.15, 0.2) is 0 Å². The molecule has 0 spiro atoms. The lowest BCUT2D eigenvalue weighted by atomic mass is 9.87. The smallest absolute Gasteiger partial charge is 0.228 e. The Morgan fingerprint density at radius 2 is 1.73 bits per heavy atom. The molecule has 2 heterocycles. The molecule has 2 fully saturated rings. The van der Waals surface area contributed by atoms with Crippen LogP contribution in [0.15, 0.2) is 48.5 Å². The fourth-order valence-corrected chi connectivity index (χ4v) is 6.48. The Kier molecular flexibility index (Phi) is 8.57. The van der Waals surface area contributed by atoms with Crippen molar-refractivity contribution in [3.05, 3.63) is 65.2 Å². The molecule has 5 rings (SSSR count). The molecule has 3 aliphatic rings. The first-order chi connectivity index (χ1) is 18.1. The molecule has 2 aromatic carbocycles. The van der Waals surface area contributed by atoms with Crippen LogP contribution < -0.4 is 10.6 Å². The average molecular weight is 503 g/mol. The van der Waals surface area contributed by atoms with Gasteiger partial charge in [0.2, 0.25) is 11.8 Å². The van der Waals surface area contributed by atoms with Crippen LogP contribution in [0.2, 0.25) is 0 Å². The lowest BCUT2D eigenvalue weighted by molar-refractivity contribution is -0.130. The molecule has 2 saturated heterocycles. The van der Waals surface area contributed by atoms with Crippen LogP contribution in [0.1, 0.15) is 49.3 Å². The number of aryl methyl sites for hydroxylation is 2. The van der Waals surface area contributed by atoms with Gasteiger partial charge in [-0.05, 0) is 86.9 Å².